The number of nitrogens with zero attached hydrogens (tertiary/aromatic N) is 2. The molecule has 0 saturated carbocycles. The zero-order chi connectivity index (χ0) is 14.0. The first-order valence-corrected chi connectivity index (χ1v) is 6.54. The molecule has 2 N–H and O–H groups in total. The topological polar surface area (TPSA) is 73.7 Å². The smallest absolute Gasteiger partial charge is 0.257 e. The van der Waals surface area contributed by atoms with E-state index in [9.17, 15) is 15.0 Å². The van der Waals surface area contributed by atoms with Crippen molar-refractivity contribution in [1.82, 2.24) is 9.88 Å². The highest BCUT2D eigenvalue weighted by molar-refractivity contribution is 7.09. The van der Waals surface area contributed by atoms with Crippen molar-refractivity contribution in [2.75, 3.05) is 7.05 Å². The molecular formula is C13H14N2O3S. The minimum Gasteiger partial charge on any atom is -0.504 e. The van der Waals surface area contributed by atoms with Gasteiger partial charge >= 0.3 is 0 Å². The van der Waals surface area contributed by atoms with Crippen molar-refractivity contribution < 1.29 is 15.0 Å². The Balaban J connectivity index is 2.22. The number of phenolic OH excluding ortho intramolecular Hbond substituents is 2. The van der Waals surface area contributed by atoms with Gasteiger partial charge in [0.25, 0.3) is 5.91 Å². The fourth-order valence-corrected chi connectivity index (χ4v) is 2.33. The summed E-state index contributed by atoms with van der Waals surface area (Å²) in [5.74, 6) is -0.993. The summed E-state index contributed by atoms with van der Waals surface area (Å²) in [4.78, 5) is 17.7. The van der Waals surface area contributed by atoms with Gasteiger partial charge in [-0.1, -0.05) is 6.07 Å². The lowest BCUT2D eigenvalue weighted by molar-refractivity contribution is 0.0781. The van der Waals surface area contributed by atoms with Crippen LogP contribution >= 0.6 is 11.3 Å². The predicted octanol–water partition coefficient (Wildman–Crippen LogP) is 2.13. The molecule has 0 aliphatic rings. The summed E-state index contributed by atoms with van der Waals surface area (Å²) in [6.07, 6.45) is 1.67. The number of rotatable bonds is 3. The first kappa shape index (κ1) is 13.4. The number of hydrogen-bond donors (Lipinski definition) is 2. The van der Waals surface area contributed by atoms with Gasteiger partial charge in [0.15, 0.2) is 11.5 Å². The Hall–Kier alpha value is -2.08. The largest absolute Gasteiger partial charge is 0.504 e. The predicted molar refractivity (Wildman–Crippen MR) is 72.4 cm³/mol. The molecule has 0 aliphatic carbocycles. The van der Waals surface area contributed by atoms with Crippen LogP contribution in [0.15, 0.2) is 23.7 Å². The maximum atomic E-state index is 12.2. The second-order valence-electron chi connectivity index (χ2n) is 4.21. The maximum Gasteiger partial charge on any atom is 0.257 e. The number of phenols is 2. The molecule has 0 spiro atoms. The fraction of sp³-hybridized carbons (Fsp3) is 0.231. The van der Waals surface area contributed by atoms with Gasteiger partial charge in [-0.2, -0.15) is 0 Å². The van der Waals surface area contributed by atoms with E-state index in [1.807, 2.05) is 5.38 Å². The second kappa shape index (κ2) is 5.27. The van der Waals surface area contributed by atoms with Crippen LogP contribution in [0, 0.1) is 6.92 Å². The normalized spacial score (nSPS) is 10.4. The van der Waals surface area contributed by atoms with Crippen LogP contribution in [-0.4, -0.2) is 33.1 Å². The quantitative estimate of drug-likeness (QED) is 0.844. The number of carbonyl (C=O) groups excluding carboxylic acids is 1. The van der Waals surface area contributed by atoms with E-state index in [4.69, 9.17) is 0 Å². The highest BCUT2D eigenvalue weighted by atomic mass is 32.1. The van der Waals surface area contributed by atoms with Crippen LogP contribution in [0.3, 0.4) is 0 Å². The van der Waals surface area contributed by atoms with Crippen molar-refractivity contribution in [2.45, 2.75) is 13.5 Å². The van der Waals surface area contributed by atoms with Crippen LogP contribution in [0.2, 0.25) is 0 Å². The molecule has 0 radical (unpaired) electrons. The molecule has 0 bridgehead atoms. The van der Waals surface area contributed by atoms with Crippen LogP contribution in [0.25, 0.3) is 0 Å². The summed E-state index contributed by atoms with van der Waals surface area (Å²) in [6.45, 7) is 2.02. The zero-order valence-electron chi connectivity index (χ0n) is 10.6. The van der Waals surface area contributed by atoms with Gasteiger partial charge in [0, 0.05) is 18.6 Å². The molecule has 0 fully saturated rings. The molecule has 6 heteroatoms. The Morgan fingerprint density at radius 3 is 2.74 bits per heavy atom. The van der Waals surface area contributed by atoms with Crippen molar-refractivity contribution >= 4 is 17.2 Å². The number of hydrogen-bond acceptors (Lipinski definition) is 5. The van der Waals surface area contributed by atoms with Crippen molar-refractivity contribution in [3.05, 3.63) is 39.8 Å². The van der Waals surface area contributed by atoms with Crippen molar-refractivity contribution in [1.29, 1.82) is 0 Å². The average molecular weight is 278 g/mol. The van der Waals surface area contributed by atoms with E-state index in [1.165, 1.54) is 22.3 Å². The molecule has 1 aromatic heterocycles. The Labute approximate surface area is 114 Å². The van der Waals surface area contributed by atoms with Gasteiger partial charge in [0.1, 0.15) is 5.01 Å². The third-order valence-corrected chi connectivity index (χ3v) is 3.55. The molecule has 0 saturated heterocycles. The van der Waals surface area contributed by atoms with E-state index in [0.717, 1.165) is 5.01 Å². The van der Waals surface area contributed by atoms with E-state index in [2.05, 4.69) is 4.98 Å². The number of benzene rings is 1. The lowest BCUT2D eigenvalue weighted by Gasteiger charge is -2.17. The van der Waals surface area contributed by atoms with Gasteiger partial charge in [-0.25, -0.2) is 4.98 Å². The lowest BCUT2D eigenvalue weighted by Crippen LogP contribution is -2.26. The van der Waals surface area contributed by atoms with E-state index in [-0.39, 0.29) is 23.0 Å². The van der Waals surface area contributed by atoms with Gasteiger partial charge in [-0.3, -0.25) is 4.79 Å². The summed E-state index contributed by atoms with van der Waals surface area (Å²) < 4.78 is 0. The molecule has 0 aliphatic heterocycles. The Kier molecular flexibility index (Phi) is 3.71. The molecule has 1 amide bonds. The second-order valence-corrected chi connectivity index (χ2v) is 5.19. The SMILES string of the molecule is Cc1ccc(C(=O)N(C)Cc2nccs2)c(O)c1O. The zero-order valence-corrected chi connectivity index (χ0v) is 11.4. The summed E-state index contributed by atoms with van der Waals surface area (Å²) in [6, 6.07) is 3.10. The van der Waals surface area contributed by atoms with Crippen molar-refractivity contribution in [2.24, 2.45) is 0 Å². The number of aromatic nitrogens is 1. The van der Waals surface area contributed by atoms with Crippen LogP contribution < -0.4 is 0 Å². The molecule has 5 nitrogen and oxygen atoms in total. The number of aromatic hydroxyl groups is 2. The molecule has 0 unspecified atom stereocenters. The summed E-state index contributed by atoms with van der Waals surface area (Å²) >= 11 is 1.46. The molecule has 100 valence electrons. The molecule has 2 aromatic rings. The monoisotopic (exact) mass is 278 g/mol. The van der Waals surface area contributed by atoms with Crippen LogP contribution in [0.5, 0.6) is 11.5 Å². The van der Waals surface area contributed by atoms with Gasteiger partial charge in [0.05, 0.1) is 12.1 Å². The Morgan fingerprint density at radius 1 is 1.37 bits per heavy atom. The lowest BCUT2D eigenvalue weighted by atomic mass is 10.1. The summed E-state index contributed by atoms with van der Waals surface area (Å²) in [7, 11) is 1.63. The molecule has 1 aromatic carbocycles. The van der Waals surface area contributed by atoms with E-state index in [0.29, 0.717) is 12.1 Å². The van der Waals surface area contributed by atoms with Crippen LogP contribution in [0.4, 0.5) is 0 Å². The van der Waals surface area contributed by atoms with E-state index < -0.39 is 0 Å². The maximum absolute atomic E-state index is 12.2. The number of aryl methyl sites for hydroxylation is 1. The van der Waals surface area contributed by atoms with Crippen LogP contribution in [-0.2, 0) is 6.54 Å². The molecule has 1 heterocycles. The fourth-order valence-electron chi connectivity index (χ4n) is 1.66. The van der Waals surface area contributed by atoms with Gasteiger partial charge in [-0.05, 0) is 18.6 Å². The minimum atomic E-state index is -0.379. The highest BCUT2D eigenvalue weighted by Gasteiger charge is 2.19. The minimum absolute atomic E-state index is 0.0853. The molecule has 0 atom stereocenters. The standard InChI is InChI=1S/C13H14N2O3S/c1-8-3-4-9(12(17)11(8)16)13(18)15(2)7-10-14-5-6-19-10/h3-6,16-17H,7H2,1-2H3. The average Bonchev–Trinajstić information content (AvgIpc) is 2.88. The van der Waals surface area contributed by atoms with Gasteiger partial charge < -0.3 is 15.1 Å². The van der Waals surface area contributed by atoms with Gasteiger partial charge in [0.2, 0.25) is 0 Å². The third kappa shape index (κ3) is 2.68. The first-order chi connectivity index (χ1) is 9.00. The number of thiazole rings is 1. The van der Waals surface area contributed by atoms with Crippen LogP contribution in [0.1, 0.15) is 20.9 Å². The highest BCUT2D eigenvalue weighted by Crippen LogP contribution is 2.32. The van der Waals surface area contributed by atoms with Crippen molar-refractivity contribution in [3.8, 4) is 11.5 Å². The molecule has 2 rings (SSSR count). The van der Waals surface area contributed by atoms with E-state index in [1.54, 1.807) is 26.2 Å². The molecular weight excluding hydrogens is 264 g/mol. The Morgan fingerprint density at radius 2 is 2.11 bits per heavy atom. The Bertz CT molecular complexity index is 596. The number of carbonyl (C=O) groups is 1. The van der Waals surface area contributed by atoms with E-state index >= 15 is 0 Å². The molecule has 19 heavy (non-hydrogen) atoms. The summed E-state index contributed by atoms with van der Waals surface area (Å²) in [5, 5.41) is 22.1. The van der Waals surface area contributed by atoms with Crippen molar-refractivity contribution in [3.63, 3.8) is 0 Å². The first-order valence-electron chi connectivity index (χ1n) is 5.66. The number of amides is 1. The van der Waals surface area contributed by atoms with Gasteiger partial charge in [-0.15, -0.1) is 11.3 Å². The summed E-state index contributed by atoms with van der Waals surface area (Å²) in [5.41, 5.74) is 0.610. The third-order valence-electron chi connectivity index (χ3n) is 2.79.